The van der Waals surface area contributed by atoms with Gasteiger partial charge in [0.05, 0.1) is 6.61 Å². The predicted molar refractivity (Wildman–Crippen MR) is 80.1 cm³/mol. The highest BCUT2D eigenvalue weighted by Crippen LogP contribution is 2.44. The molecule has 1 atom stereocenters. The van der Waals surface area contributed by atoms with Crippen molar-refractivity contribution in [3.05, 3.63) is 0 Å². The molecule has 0 amide bonds. The molecule has 0 bridgehead atoms. The van der Waals surface area contributed by atoms with Crippen molar-refractivity contribution in [2.24, 2.45) is 11.1 Å². The molecule has 1 spiro atoms. The quantitative estimate of drug-likeness (QED) is 0.805. The molecule has 0 radical (unpaired) electrons. The van der Waals surface area contributed by atoms with Crippen LogP contribution < -0.4 is 5.73 Å². The first-order valence-corrected chi connectivity index (χ1v) is 8.17. The third kappa shape index (κ3) is 4.44. The first-order chi connectivity index (χ1) is 9.05. The molecule has 3 N–H and O–H groups in total. The average molecular weight is 268 g/mol. The maximum atomic E-state index is 9.16. The summed E-state index contributed by atoms with van der Waals surface area (Å²) in [5, 5.41) is 9.16. The van der Waals surface area contributed by atoms with Gasteiger partial charge >= 0.3 is 0 Å². The lowest BCUT2D eigenvalue weighted by molar-refractivity contribution is 0.0654. The number of nitrogens with zero attached hydrogens (tertiary/aromatic N) is 1. The molecule has 1 aliphatic carbocycles. The molecule has 0 aromatic carbocycles. The van der Waals surface area contributed by atoms with E-state index in [0.717, 1.165) is 19.4 Å². The smallest absolute Gasteiger partial charge is 0.0608 e. The molecule has 3 heteroatoms. The molecule has 1 saturated heterocycles. The maximum absolute atomic E-state index is 9.16. The van der Waals surface area contributed by atoms with Gasteiger partial charge in [-0.05, 0) is 70.5 Å². The zero-order chi connectivity index (χ0) is 13.8. The van der Waals surface area contributed by atoms with Gasteiger partial charge in [0.1, 0.15) is 0 Å². The highest BCUT2D eigenvalue weighted by Gasteiger charge is 2.35. The number of nitrogens with two attached hydrogens (primary N) is 1. The van der Waals surface area contributed by atoms with Crippen LogP contribution in [-0.4, -0.2) is 41.8 Å². The van der Waals surface area contributed by atoms with Crippen molar-refractivity contribution in [1.82, 2.24) is 4.90 Å². The van der Waals surface area contributed by atoms with E-state index in [1.807, 2.05) is 6.92 Å². The molecule has 1 unspecified atom stereocenters. The molecular weight excluding hydrogens is 236 g/mol. The standard InChI is InChI=1S/C16H32N2O/c1-15(17,14-19)6-5-11-18-12-9-16(10-13-18)7-3-2-4-8-16/h19H,2-14,17H2,1H3. The fourth-order valence-electron chi connectivity index (χ4n) is 3.84. The Morgan fingerprint density at radius 1 is 1.11 bits per heavy atom. The van der Waals surface area contributed by atoms with Crippen LogP contribution in [0, 0.1) is 5.41 Å². The number of hydrogen-bond acceptors (Lipinski definition) is 3. The van der Waals surface area contributed by atoms with Gasteiger partial charge in [0.2, 0.25) is 0 Å². The fraction of sp³-hybridized carbons (Fsp3) is 1.00. The number of likely N-dealkylation sites (tertiary alicyclic amines) is 1. The van der Waals surface area contributed by atoms with E-state index in [9.17, 15) is 0 Å². The predicted octanol–water partition coefficient (Wildman–Crippen LogP) is 2.52. The molecule has 3 nitrogen and oxygen atoms in total. The Labute approximate surface area is 118 Å². The van der Waals surface area contributed by atoms with Gasteiger partial charge in [-0.3, -0.25) is 0 Å². The summed E-state index contributed by atoms with van der Waals surface area (Å²) in [4.78, 5) is 2.60. The van der Waals surface area contributed by atoms with E-state index in [1.54, 1.807) is 0 Å². The zero-order valence-electron chi connectivity index (χ0n) is 12.7. The molecule has 1 aliphatic heterocycles. The van der Waals surface area contributed by atoms with Gasteiger partial charge in [0, 0.05) is 5.54 Å². The molecule has 2 rings (SSSR count). The molecule has 2 fully saturated rings. The van der Waals surface area contributed by atoms with Crippen LogP contribution in [-0.2, 0) is 0 Å². The van der Waals surface area contributed by atoms with E-state index in [0.29, 0.717) is 5.41 Å². The van der Waals surface area contributed by atoms with Crippen LogP contribution in [0.25, 0.3) is 0 Å². The van der Waals surface area contributed by atoms with Crippen LogP contribution in [0.3, 0.4) is 0 Å². The Kier molecular flexibility index (Phi) is 5.27. The number of piperidine rings is 1. The van der Waals surface area contributed by atoms with Gasteiger partial charge in [-0.2, -0.15) is 0 Å². The number of aliphatic hydroxyl groups is 1. The van der Waals surface area contributed by atoms with E-state index < -0.39 is 0 Å². The largest absolute Gasteiger partial charge is 0.394 e. The minimum absolute atomic E-state index is 0.0934. The second-order valence-corrected chi connectivity index (χ2v) is 7.32. The summed E-state index contributed by atoms with van der Waals surface area (Å²) < 4.78 is 0. The minimum atomic E-state index is -0.389. The van der Waals surface area contributed by atoms with E-state index in [-0.39, 0.29) is 12.1 Å². The summed E-state index contributed by atoms with van der Waals surface area (Å²) >= 11 is 0. The Hall–Kier alpha value is -0.120. The number of aliphatic hydroxyl groups excluding tert-OH is 1. The number of rotatable bonds is 5. The van der Waals surface area contributed by atoms with Crippen molar-refractivity contribution in [1.29, 1.82) is 0 Å². The fourth-order valence-corrected chi connectivity index (χ4v) is 3.84. The lowest BCUT2D eigenvalue weighted by atomic mass is 9.68. The summed E-state index contributed by atoms with van der Waals surface area (Å²) in [5.74, 6) is 0. The topological polar surface area (TPSA) is 49.5 Å². The van der Waals surface area contributed by atoms with Gasteiger partial charge in [-0.1, -0.05) is 19.3 Å². The van der Waals surface area contributed by atoms with Crippen molar-refractivity contribution in [3.8, 4) is 0 Å². The lowest BCUT2D eigenvalue weighted by Crippen LogP contribution is -2.43. The summed E-state index contributed by atoms with van der Waals surface area (Å²) in [6, 6.07) is 0. The van der Waals surface area contributed by atoms with E-state index in [4.69, 9.17) is 10.8 Å². The Bertz CT molecular complexity index is 262. The van der Waals surface area contributed by atoms with Crippen LogP contribution in [0.1, 0.15) is 64.7 Å². The van der Waals surface area contributed by atoms with Gasteiger partial charge in [-0.15, -0.1) is 0 Å². The van der Waals surface area contributed by atoms with Crippen molar-refractivity contribution < 1.29 is 5.11 Å². The van der Waals surface area contributed by atoms with Crippen molar-refractivity contribution >= 4 is 0 Å². The second kappa shape index (κ2) is 6.55. The molecule has 19 heavy (non-hydrogen) atoms. The molecular formula is C16H32N2O. The molecule has 2 aliphatic rings. The molecule has 1 heterocycles. The Morgan fingerprint density at radius 2 is 1.74 bits per heavy atom. The van der Waals surface area contributed by atoms with E-state index >= 15 is 0 Å². The SMILES string of the molecule is CC(N)(CO)CCCN1CCC2(CCCCC2)CC1. The van der Waals surface area contributed by atoms with Crippen molar-refractivity contribution in [2.75, 3.05) is 26.2 Å². The second-order valence-electron chi connectivity index (χ2n) is 7.32. The van der Waals surface area contributed by atoms with Gasteiger partial charge in [0.15, 0.2) is 0 Å². The van der Waals surface area contributed by atoms with Crippen molar-refractivity contribution in [2.45, 2.75) is 70.3 Å². The molecule has 112 valence electrons. The minimum Gasteiger partial charge on any atom is -0.394 e. The summed E-state index contributed by atoms with van der Waals surface area (Å²) in [7, 11) is 0. The van der Waals surface area contributed by atoms with Crippen LogP contribution in [0.5, 0.6) is 0 Å². The van der Waals surface area contributed by atoms with Gasteiger partial charge in [0.25, 0.3) is 0 Å². The lowest BCUT2D eigenvalue weighted by Gasteiger charge is -2.44. The first kappa shape index (κ1) is 15.3. The first-order valence-electron chi connectivity index (χ1n) is 8.17. The van der Waals surface area contributed by atoms with E-state index in [1.165, 1.54) is 58.0 Å². The summed E-state index contributed by atoms with van der Waals surface area (Å²) in [5.41, 5.74) is 6.30. The maximum Gasteiger partial charge on any atom is 0.0608 e. The monoisotopic (exact) mass is 268 g/mol. The Balaban J connectivity index is 1.66. The highest BCUT2D eigenvalue weighted by molar-refractivity contribution is 4.88. The third-order valence-corrected chi connectivity index (χ3v) is 5.41. The summed E-state index contributed by atoms with van der Waals surface area (Å²) in [6.45, 7) is 5.75. The van der Waals surface area contributed by atoms with Crippen LogP contribution >= 0.6 is 0 Å². The highest BCUT2D eigenvalue weighted by atomic mass is 16.3. The normalized spacial score (nSPS) is 27.3. The zero-order valence-corrected chi connectivity index (χ0v) is 12.7. The van der Waals surface area contributed by atoms with Crippen LogP contribution in [0.2, 0.25) is 0 Å². The summed E-state index contributed by atoms with van der Waals surface area (Å²) in [6.07, 6.45) is 12.2. The molecule has 0 aromatic rings. The van der Waals surface area contributed by atoms with Gasteiger partial charge in [-0.25, -0.2) is 0 Å². The average Bonchev–Trinajstić information content (AvgIpc) is 2.42. The molecule has 1 saturated carbocycles. The van der Waals surface area contributed by atoms with Crippen LogP contribution in [0.15, 0.2) is 0 Å². The third-order valence-electron chi connectivity index (χ3n) is 5.41. The van der Waals surface area contributed by atoms with E-state index in [2.05, 4.69) is 4.90 Å². The number of hydrogen-bond donors (Lipinski definition) is 2. The van der Waals surface area contributed by atoms with Gasteiger partial charge < -0.3 is 15.7 Å². The van der Waals surface area contributed by atoms with Crippen molar-refractivity contribution in [3.63, 3.8) is 0 Å². The molecule has 0 aromatic heterocycles. The van der Waals surface area contributed by atoms with Crippen LogP contribution in [0.4, 0.5) is 0 Å². The Morgan fingerprint density at radius 3 is 2.32 bits per heavy atom.